The Morgan fingerprint density at radius 1 is 1.14 bits per heavy atom. The molecule has 0 saturated heterocycles. The maximum absolute atomic E-state index is 12.7. The minimum atomic E-state index is -3.71. The number of hydrogen-bond donors (Lipinski definition) is 1. The Labute approximate surface area is 130 Å². The van der Waals surface area contributed by atoms with Gasteiger partial charge in [-0.05, 0) is 35.8 Å². The van der Waals surface area contributed by atoms with Gasteiger partial charge in [-0.3, -0.25) is 0 Å². The Balaban J connectivity index is 2.16. The average molecular weight is 314 g/mol. The molecule has 0 aliphatic heterocycles. The number of hydrogen-bond acceptors (Lipinski definition) is 3. The predicted octanol–water partition coefficient (Wildman–Crippen LogP) is 3.30. The Kier molecular flexibility index (Phi) is 3.47. The van der Waals surface area contributed by atoms with Crippen molar-refractivity contribution in [2.24, 2.45) is 0 Å². The summed E-state index contributed by atoms with van der Waals surface area (Å²) in [6.45, 7) is 4.17. The van der Waals surface area contributed by atoms with E-state index in [4.69, 9.17) is 5.26 Å². The first kappa shape index (κ1) is 15.0. The third-order valence-electron chi connectivity index (χ3n) is 4.12. The van der Waals surface area contributed by atoms with E-state index in [1.54, 1.807) is 6.07 Å². The fourth-order valence-electron chi connectivity index (χ4n) is 2.71. The summed E-state index contributed by atoms with van der Waals surface area (Å²) in [5, 5.41) is 10.8. The van der Waals surface area contributed by atoms with Crippen LogP contribution in [0, 0.1) is 11.3 Å². The highest BCUT2D eigenvalue weighted by atomic mass is 32.2. The van der Waals surface area contributed by atoms with E-state index < -0.39 is 15.6 Å². The van der Waals surface area contributed by atoms with Crippen molar-refractivity contribution in [1.82, 2.24) is 4.72 Å². The van der Waals surface area contributed by atoms with Crippen molar-refractivity contribution in [3.05, 3.63) is 42.0 Å². The van der Waals surface area contributed by atoms with Crippen LogP contribution in [0.1, 0.15) is 38.2 Å². The minimum Gasteiger partial charge on any atom is -0.207 e. The molecule has 0 radical (unpaired) electrons. The highest BCUT2D eigenvalue weighted by Crippen LogP contribution is 2.37. The van der Waals surface area contributed by atoms with Crippen molar-refractivity contribution in [2.45, 2.75) is 43.0 Å². The lowest BCUT2D eigenvalue weighted by atomic mass is 9.96. The average Bonchev–Trinajstić information content (AvgIpc) is 3.25. The van der Waals surface area contributed by atoms with Crippen molar-refractivity contribution in [3.63, 3.8) is 0 Å². The summed E-state index contributed by atoms with van der Waals surface area (Å²) in [7, 11) is -3.71. The first-order chi connectivity index (χ1) is 10.4. The molecule has 4 nitrogen and oxygen atoms in total. The topological polar surface area (TPSA) is 70.0 Å². The molecule has 0 bridgehead atoms. The van der Waals surface area contributed by atoms with Gasteiger partial charge in [0.15, 0.2) is 0 Å². The summed E-state index contributed by atoms with van der Waals surface area (Å²) < 4.78 is 27.9. The van der Waals surface area contributed by atoms with E-state index in [1.807, 2.05) is 30.3 Å². The van der Waals surface area contributed by atoms with Gasteiger partial charge in [-0.1, -0.05) is 44.2 Å². The van der Waals surface area contributed by atoms with Crippen LogP contribution in [0.3, 0.4) is 0 Å². The molecule has 0 unspecified atom stereocenters. The van der Waals surface area contributed by atoms with E-state index in [0.717, 1.165) is 10.9 Å². The van der Waals surface area contributed by atoms with Gasteiger partial charge in [0.25, 0.3) is 0 Å². The Morgan fingerprint density at radius 3 is 2.32 bits per heavy atom. The second-order valence-corrected chi connectivity index (χ2v) is 7.80. The van der Waals surface area contributed by atoms with Crippen LogP contribution in [0.2, 0.25) is 0 Å². The summed E-state index contributed by atoms with van der Waals surface area (Å²) in [6, 6.07) is 13.1. The smallest absolute Gasteiger partial charge is 0.207 e. The van der Waals surface area contributed by atoms with Crippen molar-refractivity contribution in [2.75, 3.05) is 0 Å². The zero-order valence-electron chi connectivity index (χ0n) is 12.6. The quantitative estimate of drug-likeness (QED) is 0.941. The molecule has 1 aliphatic carbocycles. The van der Waals surface area contributed by atoms with E-state index >= 15 is 0 Å². The molecule has 114 valence electrons. The van der Waals surface area contributed by atoms with Crippen LogP contribution in [0.4, 0.5) is 0 Å². The van der Waals surface area contributed by atoms with Crippen LogP contribution in [0.5, 0.6) is 0 Å². The molecule has 2 aromatic carbocycles. The number of fused-ring (bicyclic) bond motifs is 1. The maximum atomic E-state index is 12.7. The molecule has 1 saturated carbocycles. The van der Waals surface area contributed by atoms with E-state index in [0.29, 0.717) is 24.1 Å². The lowest BCUT2D eigenvalue weighted by Crippen LogP contribution is -2.35. The number of benzene rings is 2. The number of rotatable bonds is 4. The summed E-state index contributed by atoms with van der Waals surface area (Å²) in [5.41, 5.74) is 0.215. The largest absolute Gasteiger partial charge is 0.242 e. The first-order valence-corrected chi connectivity index (χ1v) is 8.84. The monoisotopic (exact) mass is 314 g/mol. The number of nitrogens with one attached hydrogen (secondary N) is 1. The predicted molar refractivity (Wildman–Crippen MR) is 85.9 cm³/mol. The Hall–Kier alpha value is -1.90. The van der Waals surface area contributed by atoms with Crippen molar-refractivity contribution in [3.8, 4) is 6.07 Å². The zero-order valence-corrected chi connectivity index (χ0v) is 13.4. The molecule has 5 heteroatoms. The van der Waals surface area contributed by atoms with Crippen LogP contribution in [0.15, 0.2) is 41.3 Å². The van der Waals surface area contributed by atoms with Gasteiger partial charge in [-0.15, -0.1) is 0 Å². The molecule has 0 amide bonds. The van der Waals surface area contributed by atoms with Crippen LogP contribution in [0.25, 0.3) is 10.8 Å². The molecular formula is C17H18N2O2S. The lowest BCUT2D eigenvalue weighted by Gasteiger charge is -2.15. The number of nitriles is 1. The molecule has 0 heterocycles. The molecule has 0 atom stereocenters. The van der Waals surface area contributed by atoms with Crippen LogP contribution >= 0.6 is 0 Å². The summed E-state index contributed by atoms with van der Waals surface area (Å²) >= 11 is 0. The van der Waals surface area contributed by atoms with Gasteiger partial charge in [0.05, 0.1) is 11.0 Å². The first-order valence-electron chi connectivity index (χ1n) is 7.35. The van der Waals surface area contributed by atoms with Gasteiger partial charge in [-0.25, -0.2) is 8.42 Å². The van der Waals surface area contributed by atoms with E-state index in [2.05, 4.69) is 24.6 Å². The van der Waals surface area contributed by atoms with E-state index in [9.17, 15) is 8.42 Å². The molecule has 1 fully saturated rings. The van der Waals surface area contributed by atoms with Gasteiger partial charge >= 0.3 is 0 Å². The normalized spacial score (nSPS) is 16.6. The van der Waals surface area contributed by atoms with Crippen LogP contribution in [-0.4, -0.2) is 14.0 Å². The van der Waals surface area contributed by atoms with E-state index in [-0.39, 0.29) is 4.90 Å². The number of nitrogens with zero attached hydrogens (tertiary/aromatic N) is 1. The molecule has 1 aliphatic rings. The highest BCUT2D eigenvalue weighted by molar-refractivity contribution is 7.89. The SMILES string of the molecule is CC(C)c1ccc(S(=O)(=O)NC2(C#N)CC2)c2ccccc12. The van der Waals surface area contributed by atoms with Gasteiger partial charge in [0.2, 0.25) is 10.0 Å². The van der Waals surface area contributed by atoms with Crippen LogP contribution < -0.4 is 4.72 Å². The number of sulfonamides is 1. The van der Waals surface area contributed by atoms with Crippen molar-refractivity contribution < 1.29 is 8.42 Å². The Morgan fingerprint density at radius 2 is 1.77 bits per heavy atom. The molecule has 22 heavy (non-hydrogen) atoms. The van der Waals surface area contributed by atoms with Crippen molar-refractivity contribution in [1.29, 1.82) is 5.26 Å². The summed E-state index contributed by atoms with van der Waals surface area (Å²) in [4.78, 5) is 0.244. The van der Waals surface area contributed by atoms with Gasteiger partial charge in [0, 0.05) is 5.39 Å². The molecule has 0 spiro atoms. The fraction of sp³-hybridized carbons (Fsp3) is 0.353. The van der Waals surface area contributed by atoms with Crippen LogP contribution in [-0.2, 0) is 10.0 Å². The molecular weight excluding hydrogens is 296 g/mol. The van der Waals surface area contributed by atoms with Crippen molar-refractivity contribution >= 4 is 20.8 Å². The second kappa shape index (κ2) is 5.08. The Bertz CT molecular complexity index is 875. The highest BCUT2D eigenvalue weighted by Gasteiger charge is 2.47. The summed E-state index contributed by atoms with van der Waals surface area (Å²) in [5.74, 6) is 0.309. The lowest BCUT2D eigenvalue weighted by molar-refractivity contribution is 0.572. The molecule has 0 aromatic heterocycles. The zero-order chi connectivity index (χ0) is 16.0. The second-order valence-electron chi connectivity index (χ2n) is 6.15. The maximum Gasteiger partial charge on any atom is 0.242 e. The third kappa shape index (κ3) is 2.49. The van der Waals surface area contributed by atoms with Gasteiger partial charge in [0.1, 0.15) is 5.54 Å². The van der Waals surface area contributed by atoms with Gasteiger partial charge in [-0.2, -0.15) is 9.98 Å². The van der Waals surface area contributed by atoms with E-state index in [1.165, 1.54) is 0 Å². The third-order valence-corrected chi connectivity index (χ3v) is 5.72. The minimum absolute atomic E-state index is 0.244. The molecule has 3 rings (SSSR count). The fourth-order valence-corrected chi connectivity index (χ4v) is 4.30. The molecule has 1 N–H and O–H groups in total. The van der Waals surface area contributed by atoms with Gasteiger partial charge < -0.3 is 0 Å². The summed E-state index contributed by atoms with van der Waals surface area (Å²) in [6.07, 6.45) is 1.15. The standard InChI is InChI=1S/C17H18N2O2S/c1-12(2)13-7-8-16(15-6-4-3-5-14(13)15)22(20,21)19-17(11-18)9-10-17/h3-8,12,19H,9-10H2,1-2H3. The molecule has 2 aromatic rings.